The lowest BCUT2D eigenvalue weighted by molar-refractivity contribution is -0.136. The number of fused-ring (bicyclic) bond motifs is 1. The first-order valence-corrected chi connectivity index (χ1v) is 10.3. The van der Waals surface area contributed by atoms with E-state index in [1.807, 2.05) is 35.2 Å². The summed E-state index contributed by atoms with van der Waals surface area (Å²) < 4.78 is 0. The topological polar surface area (TPSA) is 81.3 Å². The molecule has 29 heavy (non-hydrogen) atoms. The normalized spacial score (nSPS) is 18.4. The van der Waals surface area contributed by atoms with Crippen LogP contribution >= 0.6 is 0 Å². The average molecular weight is 391 g/mol. The number of rotatable bonds is 3. The Morgan fingerprint density at radius 3 is 2.34 bits per heavy atom. The highest BCUT2D eigenvalue weighted by Crippen LogP contribution is 2.25. The molecule has 0 unspecified atom stereocenters. The summed E-state index contributed by atoms with van der Waals surface area (Å²) >= 11 is 0. The fourth-order valence-electron chi connectivity index (χ4n) is 4.27. The van der Waals surface area contributed by atoms with Gasteiger partial charge in [-0.25, -0.2) is 15.0 Å². The molecule has 1 N–H and O–H groups in total. The summed E-state index contributed by atoms with van der Waals surface area (Å²) in [6.07, 6.45) is 5.26. The van der Waals surface area contributed by atoms with Crippen molar-refractivity contribution in [2.45, 2.75) is 12.8 Å². The Bertz CT molecular complexity index is 940. The number of nitrogens with zero attached hydrogens (tertiary/aromatic N) is 6. The standard InChI is InChI=1S/C21H25N7O/c29-19(26-12-14-28(15-13-26)20-22-8-3-9-23-20)16-6-10-27(11-7-16)21-24-17-4-1-2-5-18(17)25-21/h1-5,8-9,16H,6-7,10-15H2,(H,24,25). The first-order valence-electron chi connectivity index (χ1n) is 10.3. The molecular weight excluding hydrogens is 366 g/mol. The van der Waals surface area contributed by atoms with Crippen molar-refractivity contribution < 1.29 is 4.79 Å². The van der Waals surface area contributed by atoms with E-state index in [-0.39, 0.29) is 5.92 Å². The highest BCUT2D eigenvalue weighted by atomic mass is 16.2. The van der Waals surface area contributed by atoms with E-state index in [0.717, 1.165) is 75.0 Å². The van der Waals surface area contributed by atoms with Crippen LogP contribution in [0.1, 0.15) is 12.8 Å². The molecule has 5 rings (SSSR count). The lowest BCUT2D eigenvalue weighted by Gasteiger charge is -2.38. The van der Waals surface area contributed by atoms with E-state index in [0.29, 0.717) is 5.91 Å². The predicted octanol–water partition coefficient (Wildman–Crippen LogP) is 1.92. The number of H-pyrrole nitrogens is 1. The molecule has 8 nitrogen and oxygen atoms in total. The van der Waals surface area contributed by atoms with Gasteiger partial charge >= 0.3 is 0 Å². The SMILES string of the molecule is O=C(C1CCN(c2nc3ccccc3[nH]2)CC1)N1CCN(c2ncccn2)CC1. The molecule has 2 aliphatic rings. The molecular formula is C21H25N7O. The van der Waals surface area contributed by atoms with Gasteiger partial charge in [0.05, 0.1) is 11.0 Å². The van der Waals surface area contributed by atoms with Gasteiger partial charge in [-0.1, -0.05) is 12.1 Å². The van der Waals surface area contributed by atoms with Crippen molar-refractivity contribution in [2.75, 3.05) is 49.1 Å². The maximum absolute atomic E-state index is 13.0. The van der Waals surface area contributed by atoms with E-state index in [4.69, 9.17) is 4.98 Å². The number of benzene rings is 1. The maximum Gasteiger partial charge on any atom is 0.225 e. The lowest BCUT2D eigenvalue weighted by Crippen LogP contribution is -2.52. The van der Waals surface area contributed by atoms with Gasteiger partial charge < -0.3 is 19.7 Å². The quantitative estimate of drug-likeness (QED) is 0.735. The van der Waals surface area contributed by atoms with E-state index in [1.165, 1.54) is 0 Å². The average Bonchev–Trinajstić information content (AvgIpc) is 3.24. The molecule has 0 aliphatic carbocycles. The second-order valence-electron chi connectivity index (χ2n) is 7.70. The van der Waals surface area contributed by atoms with Gasteiger partial charge in [0, 0.05) is 57.6 Å². The fourth-order valence-corrected chi connectivity index (χ4v) is 4.27. The highest BCUT2D eigenvalue weighted by Gasteiger charge is 2.31. The smallest absolute Gasteiger partial charge is 0.225 e. The monoisotopic (exact) mass is 391 g/mol. The van der Waals surface area contributed by atoms with Crippen molar-refractivity contribution in [3.8, 4) is 0 Å². The van der Waals surface area contributed by atoms with Crippen molar-refractivity contribution in [3.63, 3.8) is 0 Å². The Labute approximate surface area is 169 Å². The fraction of sp³-hybridized carbons (Fsp3) is 0.429. The molecule has 0 spiro atoms. The zero-order valence-corrected chi connectivity index (χ0v) is 16.4. The molecule has 1 amide bonds. The molecule has 3 aromatic rings. The van der Waals surface area contributed by atoms with E-state index in [9.17, 15) is 4.79 Å². The molecule has 0 saturated carbocycles. The zero-order valence-electron chi connectivity index (χ0n) is 16.4. The Balaban J connectivity index is 1.15. The van der Waals surface area contributed by atoms with Crippen LogP contribution in [0.2, 0.25) is 0 Å². The van der Waals surface area contributed by atoms with Crippen LogP contribution < -0.4 is 9.80 Å². The molecule has 0 bridgehead atoms. The molecule has 2 saturated heterocycles. The second kappa shape index (κ2) is 7.69. The molecule has 150 valence electrons. The lowest BCUT2D eigenvalue weighted by atomic mass is 9.95. The van der Waals surface area contributed by atoms with Crippen LogP contribution in [0.4, 0.5) is 11.9 Å². The zero-order chi connectivity index (χ0) is 19.6. The van der Waals surface area contributed by atoms with Crippen LogP contribution in [-0.4, -0.2) is 70.0 Å². The van der Waals surface area contributed by atoms with Crippen LogP contribution in [0, 0.1) is 5.92 Å². The van der Waals surface area contributed by atoms with Crippen molar-refractivity contribution in [2.24, 2.45) is 5.92 Å². The number of hydrogen-bond acceptors (Lipinski definition) is 6. The maximum atomic E-state index is 13.0. The molecule has 8 heteroatoms. The summed E-state index contributed by atoms with van der Waals surface area (Å²) in [4.78, 5) is 36.1. The number of hydrogen-bond donors (Lipinski definition) is 1. The third kappa shape index (κ3) is 3.62. The molecule has 2 fully saturated rings. The van der Waals surface area contributed by atoms with Crippen molar-refractivity contribution in [1.82, 2.24) is 24.8 Å². The Morgan fingerprint density at radius 1 is 0.897 bits per heavy atom. The summed E-state index contributed by atoms with van der Waals surface area (Å²) in [5.74, 6) is 2.06. The van der Waals surface area contributed by atoms with Gasteiger partial charge in [0.15, 0.2) is 0 Å². The Kier molecular flexibility index (Phi) is 4.75. The molecule has 1 aromatic carbocycles. The number of aromatic amines is 1. The van der Waals surface area contributed by atoms with Crippen molar-refractivity contribution in [3.05, 3.63) is 42.7 Å². The summed E-state index contributed by atoms with van der Waals surface area (Å²) in [5.41, 5.74) is 2.04. The van der Waals surface area contributed by atoms with E-state index < -0.39 is 0 Å². The number of carbonyl (C=O) groups excluding carboxylic acids is 1. The summed E-state index contributed by atoms with van der Waals surface area (Å²) in [5, 5.41) is 0. The molecule has 4 heterocycles. The number of para-hydroxylation sites is 2. The van der Waals surface area contributed by atoms with Gasteiger partial charge in [0.25, 0.3) is 0 Å². The predicted molar refractivity (Wildman–Crippen MR) is 112 cm³/mol. The largest absolute Gasteiger partial charge is 0.342 e. The van der Waals surface area contributed by atoms with Crippen molar-refractivity contribution in [1.29, 1.82) is 0 Å². The van der Waals surface area contributed by atoms with Crippen LogP contribution in [0.15, 0.2) is 42.7 Å². The first-order chi connectivity index (χ1) is 14.3. The number of piperidine rings is 1. The molecule has 0 atom stereocenters. The Hall–Kier alpha value is -3.16. The minimum Gasteiger partial charge on any atom is -0.342 e. The number of imidazole rings is 1. The molecule has 2 aliphatic heterocycles. The number of anilines is 2. The third-order valence-electron chi connectivity index (χ3n) is 5.95. The molecule has 2 aromatic heterocycles. The first kappa shape index (κ1) is 17.9. The van der Waals surface area contributed by atoms with E-state index in [1.54, 1.807) is 12.4 Å². The Morgan fingerprint density at radius 2 is 1.62 bits per heavy atom. The van der Waals surface area contributed by atoms with E-state index in [2.05, 4.69) is 24.8 Å². The molecule has 0 radical (unpaired) electrons. The highest BCUT2D eigenvalue weighted by molar-refractivity contribution is 5.80. The van der Waals surface area contributed by atoms with Crippen molar-refractivity contribution >= 4 is 28.8 Å². The van der Waals surface area contributed by atoms with Crippen LogP contribution in [0.5, 0.6) is 0 Å². The van der Waals surface area contributed by atoms with Gasteiger partial charge in [-0.15, -0.1) is 0 Å². The summed E-state index contributed by atoms with van der Waals surface area (Å²) in [6.45, 7) is 4.75. The summed E-state index contributed by atoms with van der Waals surface area (Å²) in [6, 6.07) is 9.90. The van der Waals surface area contributed by atoms with Gasteiger partial charge in [-0.2, -0.15) is 0 Å². The van der Waals surface area contributed by atoms with E-state index >= 15 is 0 Å². The number of amides is 1. The van der Waals surface area contributed by atoms with Crippen LogP contribution in [0.3, 0.4) is 0 Å². The van der Waals surface area contributed by atoms with Gasteiger partial charge in [0.2, 0.25) is 17.8 Å². The third-order valence-corrected chi connectivity index (χ3v) is 5.95. The summed E-state index contributed by atoms with van der Waals surface area (Å²) in [7, 11) is 0. The van der Waals surface area contributed by atoms with Gasteiger partial charge in [-0.3, -0.25) is 4.79 Å². The second-order valence-corrected chi connectivity index (χ2v) is 7.70. The van der Waals surface area contributed by atoms with Crippen LogP contribution in [-0.2, 0) is 4.79 Å². The van der Waals surface area contributed by atoms with Gasteiger partial charge in [-0.05, 0) is 31.0 Å². The number of carbonyl (C=O) groups is 1. The number of nitrogens with one attached hydrogen (secondary N) is 1. The van der Waals surface area contributed by atoms with Crippen LogP contribution in [0.25, 0.3) is 11.0 Å². The minimum atomic E-state index is 0.107. The minimum absolute atomic E-state index is 0.107. The number of piperazine rings is 1. The van der Waals surface area contributed by atoms with Gasteiger partial charge in [0.1, 0.15) is 0 Å². The number of aromatic nitrogens is 4.